The predicted octanol–water partition coefficient (Wildman–Crippen LogP) is 2.90. The van der Waals surface area contributed by atoms with Crippen LogP contribution in [0, 0.1) is 0 Å². The Balaban J connectivity index is 1.99. The van der Waals surface area contributed by atoms with Crippen LogP contribution in [0.5, 0.6) is 11.5 Å². The van der Waals surface area contributed by atoms with Crippen molar-refractivity contribution in [3.05, 3.63) is 53.6 Å². The molecule has 4 N–H and O–H groups in total. The van der Waals surface area contributed by atoms with Crippen molar-refractivity contribution in [1.82, 2.24) is 5.43 Å². The van der Waals surface area contributed by atoms with Gasteiger partial charge in [0, 0.05) is 5.69 Å². The van der Waals surface area contributed by atoms with E-state index >= 15 is 0 Å². The number of thiocarbonyl (C=S) groups is 1. The highest BCUT2D eigenvalue weighted by molar-refractivity contribution is 7.80. The van der Waals surface area contributed by atoms with Crippen molar-refractivity contribution in [2.75, 3.05) is 19.0 Å². The fraction of sp³-hybridized carbons (Fsp3) is 0.167. The fourth-order valence-corrected chi connectivity index (χ4v) is 2.22. The summed E-state index contributed by atoms with van der Waals surface area (Å²) in [6.45, 7) is -0.428. The number of rotatable bonds is 7. The summed E-state index contributed by atoms with van der Waals surface area (Å²) in [5.74, 6) is -0.0278. The van der Waals surface area contributed by atoms with Gasteiger partial charge in [0.05, 0.1) is 18.9 Å². The lowest BCUT2D eigenvalue weighted by Gasteiger charge is -2.12. The van der Waals surface area contributed by atoms with E-state index in [0.717, 1.165) is 12.1 Å². The van der Waals surface area contributed by atoms with Crippen LogP contribution in [0.15, 0.2) is 47.6 Å². The number of anilines is 1. The molecule has 0 heterocycles. The van der Waals surface area contributed by atoms with E-state index in [0.29, 0.717) is 11.3 Å². The number of hydrazone groups is 1. The number of nitrogens with zero attached hydrogens (tertiary/aromatic N) is 1. The van der Waals surface area contributed by atoms with Gasteiger partial charge in [-0.05, 0) is 54.2 Å². The second kappa shape index (κ2) is 9.73. The number of halogens is 3. The number of nitrogens with one attached hydrogen (secondary N) is 2. The number of alkyl halides is 3. The van der Waals surface area contributed by atoms with Crippen molar-refractivity contribution < 1.29 is 27.4 Å². The van der Waals surface area contributed by atoms with Gasteiger partial charge < -0.3 is 20.5 Å². The van der Waals surface area contributed by atoms with Gasteiger partial charge in [-0.1, -0.05) is 6.07 Å². The summed E-state index contributed by atoms with van der Waals surface area (Å²) in [6.07, 6.45) is -3.05. The molecule has 0 unspecified atom stereocenters. The van der Waals surface area contributed by atoms with Gasteiger partial charge in [-0.3, -0.25) is 10.2 Å². The van der Waals surface area contributed by atoms with E-state index in [4.69, 9.17) is 15.2 Å². The van der Waals surface area contributed by atoms with E-state index in [1.807, 2.05) is 0 Å². The normalized spacial score (nSPS) is 11.2. The number of carbonyl (C=O) groups is 1. The minimum atomic E-state index is -4.50. The molecule has 0 spiro atoms. The molecule has 0 aliphatic carbocycles. The first-order chi connectivity index (χ1) is 13.7. The van der Waals surface area contributed by atoms with Crippen molar-refractivity contribution in [3.8, 4) is 11.5 Å². The lowest BCUT2D eigenvalue weighted by Crippen LogP contribution is -2.24. The monoisotopic (exact) mass is 426 g/mol. The molecule has 2 aromatic rings. The van der Waals surface area contributed by atoms with Crippen LogP contribution in [0.3, 0.4) is 0 Å². The smallest absolute Gasteiger partial charge is 0.416 e. The van der Waals surface area contributed by atoms with Crippen molar-refractivity contribution in [2.45, 2.75) is 6.18 Å². The highest BCUT2D eigenvalue weighted by atomic mass is 32.1. The first-order valence-electron chi connectivity index (χ1n) is 8.05. The molecular formula is C18H17F3N4O3S. The summed E-state index contributed by atoms with van der Waals surface area (Å²) < 4.78 is 48.8. The van der Waals surface area contributed by atoms with Crippen LogP contribution >= 0.6 is 12.2 Å². The molecule has 2 aromatic carbocycles. The molecule has 0 bridgehead atoms. The van der Waals surface area contributed by atoms with Crippen molar-refractivity contribution in [3.63, 3.8) is 0 Å². The van der Waals surface area contributed by atoms with Crippen LogP contribution in [0.4, 0.5) is 18.9 Å². The van der Waals surface area contributed by atoms with Crippen molar-refractivity contribution >= 4 is 35.1 Å². The summed E-state index contributed by atoms with van der Waals surface area (Å²) in [6, 6.07) is 9.11. The summed E-state index contributed by atoms with van der Waals surface area (Å²) >= 11 is 4.63. The molecule has 0 radical (unpaired) electrons. The lowest BCUT2D eigenvalue weighted by molar-refractivity contribution is -0.137. The topological polar surface area (TPSA) is 98.0 Å². The largest absolute Gasteiger partial charge is 0.493 e. The molecule has 0 saturated carbocycles. The molecule has 7 nitrogen and oxygen atoms in total. The zero-order valence-electron chi connectivity index (χ0n) is 15.1. The number of methoxy groups -OCH3 is 1. The summed E-state index contributed by atoms with van der Waals surface area (Å²) in [4.78, 5) is 12.0. The maximum Gasteiger partial charge on any atom is 0.416 e. The minimum absolute atomic E-state index is 0.0114. The minimum Gasteiger partial charge on any atom is -0.493 e. The SMILES string of the molecule is COc1cc(C=NNC(N)=S)ccc1OCC(=O)Nc1cccc(C(F)(F)F)c1. The van der Waals surface area contributed by atoms with Gasteiger partial charge in [-0.2, -0.15) is 18.3 Å². The Kier molecular flexibility index (Phi) is 7.37. The number of benzene rings is 2. The van der Waals surface area contributed by atoms with E-state index in [1.165, 1.54) is 25.5 Å². The molecule has 0 aliphatic rings. The number of amides is 1. The quantitative estimate of drug-likeness (QED) is 0.358. The molecule has 0 saturated heterocycles. The third kappa shape index (κ3) is 6.96. The number of hydrogen-bond donors (Lipinski definition) is 3. The Labute approximate surface area is 169 Å². The number of nitrogens with two attached hydrogens (primary N) is 1. The van der Waals surface area contributed by atoms with E-state index in [2.05, 4.69) is 28.1 Å². The van der Waals surface area contributed by atoms with Crippen LogP contribution in [-0.4, -0.2) is 31.0 Å². The average Bonchev–Trinajstić information content (AvgIpc) is 2.66. The molecule has 11 heteroatoms. The summed E-state index contributed by atoms with van der Waals surface area (Å²) in [5, 5.41) is 6.18. The first kappa shape index (κ1) is 22.0. The van der Waals surface area contributed by atoms with Gasteiger partial charge in [0.25, 0.3) is 5.91 Å². The molecule has 0 atom stereocenters. The van der Waals surface area contributed by atoms with Gasteiger partial charge in [0.1, 0.15) is 0 Å². The number of ether oxygens (including phenoxy) is 2. The van der Waals surface area contributed by atoms with Crippen LogP contribution < -0.4 is 25.9 Å². The summed E-state index contributed by atoms with van der Waals surface area (Å²) in [7, 11) is 1.42. The van der Waals surface area contributed by atoms with Crippen LogP contribution in [0.1, 0.15) is 11.1 Å². The van der Waals surface area contributed by atoms with Gasteiger partial charge in [0.2, 0.25) is 0 Å². The Bertz CT molecular complexity index is 919. The van der Waals surface area contributed by atoms with Gasteiger partial charge in [0.15, 0.2) is 23.2 Å². The Morgan fingerprint density at radius 2 is 2.00 bits per heavy atom. The average molecular weight is 426 g/mol. The molecule has 29 heavy (non-hydrogen) atoms. The maximum absolute atomic E-state index is 12.7. The number of hydrogen-bond acceptors (Lipinski definition) is 5. The molecule has 0 aromatic heterocycles. The molecule has 2 rings (SSSR count). The van der Waals surface area contributed by atoms with Gasteiger partial charge in [-0.25, -0.2) is 0 Å². The molecule has 154 valence electrons. The van der Waals surface area contributed by atoms with Gasteiger partial charge in [-0.15, -0.1) is 0 Å². The van der Waals surface area contributed by atoms with E-state index in [-0.39, 0.29) is 16.5 Å². The van der Waals surface area contributed by atoms with Gasteiger partial charge >= 0.3 is 6.18 Å². The van der Waals surface area contributed by atoms with Crippen molar-refractivity contribution in [2.24, 2.45) is 10.8 Å². The van der Waals surface area contributed by atoms with Crippen molar-refractivity contribution in [1.29, 1.82) is 0 Å². The van der Waals surface area contributed by atoms with Crippen LogP contribution in [-0.2, 0) is 11.0 Å². The van der Waals surface area contributed by atoms with E-state index in [1.54, 1.807) is 18.2 Å². The zero-order chi connectivity index (χ0) is 21.4. The third-order valence-electron chi connectivity index (χ3n) is 3.41. The fourth-order valence-electron chi connectivity index (χ4n) is 2.17. The second-order valence-electron chi connectivity index (χ2n) is 5.56. The predicted molar refractivity (Wildman–Crippen MR) is 106 cm³/mol. The molecule has 0 aliphatic heterocycles. The Morgan fingerprint density at radius 3 is 2.66 bits per heavy atom. The third-order valence-corrected chi connectivity index (χ3v) is 3.50. The highest BCUT2D eigenvalue weighted by Crippen LogP contribution is 2.31. The maximum atomic E-state index is 12.7. The zero-order valence-corrected chi connectivity index (χ0v) is 15.9. The molecule has 1 amide bonds. The van der Waals surface area contributed by atoms with E-state index in [9.17, 15) is 18.0 Å². The molecular weight excluding hydrogens is 409 g/mol. The number of carbonyl (C=O) groups excluding carboxylic acids is 1. The van der Waals surface area contributed by atoms with E-state index < -0.39 is 24.3 Å². The van der Waals surface area contributed by atoms with Crippen LogP contribution in [0.25, 0.3) is 0 Å². The second-order valence-corrected chi connectivity index (χ2v) is 6.00. The first-order valence-corrected chi connectivity index (χ1v) is 8.46. The Morgan fingerprint density at radius 1 is 1.24 bits per heavy atom. The standard InChI is InChI=1S/C18H17F3N4O3S/c1-27-15-7-11(9-23-25-17(22)29)5-6-14(15)28-10-16(26)24-13-4-2-3-12(8-13)18(19,20)21/h2-9H,10H2,1H3,(H,24,26)(H3,22,25,29). The molecule has 0 fully saturated rings. The summed E-state index contributed by atoms with van der Waals surface area (Å²) in [5.41, 5.74) is 7.46. The highest BCUT2D eigenvalue weighted by Gasteiger charge is 2.30. The van der Waals surface area contributed by atoms with Crippen LogP contribution in [0.2, 0.25) is 0 Å². The lowest BCUT2D eigenvalue weighted by atomic mass is 10.2. The Hall–Kier alpha value is -3.34.